The maximum Gasteiger partial charge on any atom is 0.310 e. The average Bonchev–Trinajstić information content (AvgIpc) is 1.82. The molecule has 0 aromatic heterocycles. The Balaban J connectivity index is 3.35. The van der Waals surface area contributed by atoms with Crippen LogP contribution in [0.1, 0.15) is 19.3 Å². The molecule has 0 heterocycles. The van der Waals surface area contributed by atoms with Crippen LogP contribution in [-0.2, 0) is 9.59 Å². The highest BCUT2D eigenvalue weighted by Gasteiger charge is 2.05. The summed E-state index contributed by atoms with van der Waals surface area (Å²) in [5.41, 5.74) is 0. The number of carbonyl (C=O) groups is 2. The number of ketones is 1. The zero-order valence-corrected chi connectivity index (χ0v) is 7.06. The monoisotopic (exact) mass is 208 g/mol. The van der Waals surface area contributed by atoms with Crippen LogP contribution in [-0.4, -0.2) is 22.2 Å². The van der Waals surface area contributed by atoms with Gasteiger partial charge in [-0.25, -0.2) is 0 Å². The number of carboxylic acid groups (broad SMARTS) is 1. The number of aliphatic carboxylic acids is 1. The number of hydrogen-bond donors (Lipinski definition) is 1. The first-order valence-corrected chi connectivity index (χ1v) is 4.08. The molecule has 0 aliphatic heterocycles. The highest BCUT2D eigenvalue weighted by molar-refractivity contribution is 9.09. The second kappa shape index (κ2) is 5.41. The molecule has 1 N–H and O–H groups in total. The normalized spacial score (nSPS) is 9.30. The molecule has 0 radical (unpaired) electrons. The van der Waals surface area contributed by atoms with Crippen LogP contribution in [0.3, 0.4) is 0 Å². The highest BCUT2D eigenvalue weighted by Crippen LogP contribution is 1.97. The summed E-state index contributed by atoms with van der Waals surface area (Å²) in [6.07, 6.45) is 0.733. The number of rotatable bonds is 5. The van der Waals surface area contributed by atoms with Gasteiger partial charge in [-0.15, -0.1) is 0 Å². The lowest BCUT2D eigenvalue weighted by molar-refractivity contribution is -0.140. The minimum absolute atomic E-state index is 0.202. The van der Waals surface area contributed by atoms with Crippen LogP contribution in [0.25, 0.3) is 0 Å². The van der Waals surface area contributed by atoms with Crippen LogP contribution in [0, 0.1) is 0 Å². The molecule has 0 bridgehead atoms. The van der Waals surface area contributed by atoms with Crippen LogP contribution in [0.2, 0.25) is 0 Å². The van der Waals surface area contributed by atoms with Crippen molar-refractivity contribution in [1.82, 2.24) is 0 Å². The summed E-state index contributed by atoms with van der Waals surface area (Å²) in [6, 6.07) is 0. The molecule has 0 aromatic rings. The first kappa shape index (κ1) is 9.62. The molecule has 58 valence electrons. The average molecular weight is 209 g/mol. The molecule has 0 spiro atoms. The smallest absolute Gasteiger partial charge is 0.310 e. The number of alkyl halides is 1. The minimum Gasteiger partial charge on any atom is -0.481 e. The molecule has 0 fully saturated rings. The Morgan fingerprint density at radius 3 is 2.40 bits per heavy atom. The summed E-state index contributed by atoms with van der Waals surface area (Å²) in [5.74, 6) is -1.24. The lowest BCUT2D eigenvalue weighted by Gasteiger charge is -1.92. The van der Waals surface area contributed by atoms with Gasteiger partial charge in [0.1, 0.15) is 12.2 Å². The molecule has 0 aliphatic rings. The van der Waals surface area contributed by atoms with E-state index in [9.17, 15) is 9.59 Å². The Hall–Kier alpha value is -0.380. The van der Waals surface area contributed by atoms with Crippen LogP contribution >= 0.6 is 15.9 Å². The summed E-state index contributed by atoms with van der Waals surface area (Å²) >= 11 is 3.14. The molecule has 0 rings (SSSR count). The van der Waals surface area contributed by atoms with Crippen LogP contribution < -0.4 is 0 Å². The van der Waals surface area contributed by atoms with E-state index >= 15 is 0 Å². The summed E-state index contributed by atoms with van der Waals surface area (Å²) in [5, 5.41) is 8.90. The van der Waals surface area contributed by atoms with Crippen molar-refractivity contribution < 1.29 is 14.7 Å². The van der Waals surface area contributed by atoms with Gasteiger partial charge in [0.15, 0.2) is 0 Å². The second-order valence-corrected chi connectivity index (χ2v) is 2.69. The van der Waals surface area contributed by atoms with Gasteiger partial charge in [0.25, 0.3) is 0 Å². The molecular formula is C6H9BrO3. The molecule has 0 saturated carbocycles. The predicted octanol–water partition coefficient (Wildman–Crippen LogP) is 1.21. The summed E-state index contributed by atoms with van der Waals surface area (Å²) in [6.45, 7) is 0. The number of carbonyl (C=O) groups excluding carboxylic acids is 1. The first-order chi connectivity index (χ1) is 4.66. The highest BCUT2D eigenvalue weighted by atomic mass is 79.9. The van der Waals surface area contributed by atoms with E-state index in [2.05, 4.69) is 15.9 Å². The van der Waals surface area contributed by atoms with Gasteiger partial charge < -0.3 is 5.11 Å². The van der Waals surface area contributed by atoms with Crippen LogP contribution in [0.15, 0.2) is 0 Å². The lowest BCUT2D eigenvalue weighted by Crippen LogP contribution is -2.06. The van der Waals surface area contributed by atoms with E-state index in [1.54, 1.807) is 0 Å². The van der Waals surface area contributed by atoms with Crippen molar-refractivity contribution in [1.29, 1.82) is 0 Å². The van der Waals surface area contributed by atoms with Gasteiger partial charge in [-0.3, -0.25) is 9.59 Å². The Bertz CT molecular complexity index is 133. The zero-order chi connectivity index (χ0) is 7.98. The van der Waals surface area contributed by atoms with Gasteiger partial charge >= 0.3 is 5.97 Å². The van der Waals surface area contributed by atoms with Crippen LogP contribution in [0.4, 0.5) is 0 Å². The molecule has 0 aromatic carbocycles. The molecular weight excluding hydrogens is 200 g/mol. The van der Waals surface area contributed by atoms with Gasteiger partial charge in [-0.2, -0.15) is 0 Å². The SMILES string of the molecule is O=C(O)CC(=O)CCCBr. The van der Waals surface area contributed by atoms with E-state index in [1.165, 1.54) is 0 Å². The maximum atomic E-state index is 10.6. The summed E-state index contributed by atoms with van der Waals surface area (Å²) in [4.78, 5) is 20.6. The third-order valence-electron chi connectivity index (χ3n) is 0.938. The van der Waals surface area contributed by atoms with Crippen LogP contribution in [0.5, 0.6) is 0 Å². The number of carboxylic acids is 1. The van der Waals surface area contributed by atoms with E-state index in [0.717, 1.165) is 5.33 Å². The quantitative estimate of drug-likeness (QED) is 0.546. The standard InChI is InChI=1S/C6H9BrO3/c7-3-1-2-5(8)4-6(9)10/h1-4H2,(H,9,10). The van der Waals surface area contributed by atoms with Gasteiger partial charge in [-0.05, 0) is 6.42 Å². The van der Waals surface area contributed by atoms with Crippen molar-refractivity contribution in [3.63, 3.8) is 0 Å². The number of Topliss-reactive ketones (excluding diaryl/α,β-unsaturated/α-hetero) is 1. The molecule has 0 unspecified atom stereocenters. The molecule has 3 nitrogen and oxygen atoms in total. The third-order valence-corrected chi connectivity index (χ3v) is 1.50. The Morgan fingerprint density at radius 1 is 1.40 bits per heavy atom. The molecule has 10 heavy (non-hydrogen) atoms. The molecule has 0 amide bonds. The van der Waals surface area contributed by atoms with Crippen molar-refractivity contribution in [2.75, 3.05) is 5.33 Å². The van der Waals surface area contributed by atoms with Gasteiger partial charge in [0.2, 0.25) is 0 Å². The molecule has 0 aliphatic carbocycles. The van der Waals surface area contributed by atoms with E-state index in [-0.39, 0.29) is 12.2 Å². The Labute approximate surface area is 67.5 Å². The minimum atomic E-state index is -1.04. The molecule has 4 heteroatoms. The summed E-state index contributed by atoms with van der Waals surface area (Å²) in [7, 11) is 0. The van der Waals surface area contributed by atoms with Crippen molar-refractivity contribution in [2.45, 2.75) is 19.3 Å². The molecule has 0 atom stereocenters. The van der Waals surface area contributed by atoms with E-state index in [1.807, 2.05) is 0 Å². The van der Waals surface area contributed by atoms with E-state index in [4.69, 9.17) is 5.11 Å². The van der Waals surface area contributed by atoms with Crippen molar-refractivity contribution in [2.24, 2.45) is 0 Å². The third kappa shape index (κ3) is 5.75. The first-order valence-electron chi connectivity index (χ1n) is 2.96. The van der Waals surface area contributed by atoms with Crippen molar-refractivity contribution in [3.05, 3.63) is 0 Å². The van der Waals surface area contributed by atoms with E-state index in [0.29, 0.717) is 12.8 Å². The zero-order valence-electron chi connectivity index (χ0n) is 5.47. The lowest BCUT2D eigenvalue weighted by atomic mass is 10.2. The Kier molecular flexibility index (Phi) is 5.20. The van der Waals surface area contributed by atoms with Gasteiger partial charge in [0.05, 0.1) is 0 Å². The summed E-state index contributed by atoms with van der Waals surface area (Å²) < 4.78 is 0. The fourth-order valence-corrected chi connectivity index (χ4v) is 0.801. The Morgan fingerprint density at radius 2 is 2.00 bits per heavy atom. The van der Waals surface area contributed by atoms with Crippen molar-refractivity contribution in [3.8, 4) is 0 Å². The van der Waals surface area contributed by atoms with Gasteiger partial charge in [0, 0.05) is 11.8 Å². The van der Waals surface area contributed by atoms with Gasteiger partial charge in [-0.1, -0.05) is 15.9 Å². The fourth-order valence-electron chi connectivity index (χ4n) is 0.521. The maximum absolute atomic E-state index is 10.6. The largest absolute Gasteiger partial charge is 0.481 e. The predicted molar refractivity (Wildman–Crippen MR) is 40.3 cm³/mol. The molecule has 0 saturated heterocycles. The number of hydrogen-bond acceptors (Lipinski definition) is 2. The van der Waals surface area contributed by atoms with Crippen molar-refractivity contribution >= 4 is 27.7 Å². The second-order valence-electron chi connectivity index (χ2n) is 1.90. The number of halogens is 1. The topological polar surface area (TPSA) is 54.4 Å². The van der Waals surface area contributed by atoms with E-state index < -0.39 is 5.97 Å². The fraction of sp³-hybridized carbons (Fsp3) is 0.667.